The van der Waals surface area contributed by atoms with Crippen molar-refractivity contribution in [3.05, 3.63) is 48.7 Å². The van der Waals surface area contributed by atoms with E-state index in [-0.39, 0.29) is 12.1 Å². The van der Waals surface area contributed by atoms with Crippen molar-refractivity contribution in [2.45, 2.75) is 19.6 Å². The average molecular weight is 271 g/mol. The van der Waals surface area contributed by atoms with Crippen LogP contribution in [0.1, 0.15) is 17.3 Å². The summed E-state index contributed by atoms with van der Waals surface area (Å²) in [6.45, 7) is 2.35. The first-order valence-electron chi connectivity index (χ1n) is 6.20. The largest absolute Gasteiger partial charge is 0.457 e. The van der Waals surface area contributed by atoms with E-state index in [1.807, 2.05) is 19.2 Å². The highest BCUT2D eigenvalue weighted by Crippen LogP contribution is 2.07. The molecule has 0 aliphatic heterocycles. The summed E-state index contributed by atoms with van der Waals surface area (Å²) in [5, 5.41) is 11.7. The molecule has 3 rings (SSSR count). The van der Waals surface area contributed by atoms with E-state index < -0.39 is 0 Å². The molecule has 0 spiro atoms. The van der Waals surface area contributed by atoms with Crippen LogP contribution in [-0.4, -0.2) is 36.5 Å². The minimum atomic E-state index is -0.375. The normalized spacial score (nSPS) is 12.4. The molecule has 0 saturated heterocycles. The molecule has 0 radical (unpaired) electrons. The lowest BCUT2D eigenvalue weighted by Gasteiger charge is -2.13. The minimum absolute atomic E-state index is 0.265. The van der Waals surface area contributed by atoms with Gasteiger partial charge in [-0.2, -0.15) is 5.10 Å². The summed E-state index contributed by atoms with van der Waals surface area (Å²) in [6, 6.07) is 5.23. The van der Waals surface area contributed by atoms with Gasteiger partial charge in [-0.05, 0) is 25.1 Å². The maximum atomic E-state index is 12.0. The molecule has 7 heteroatoms. The number of carbonyl (C=O) groups excluding carboxylic acids is 1. The predicted molar refractivity (Wildman–Crippen MR) is 70.1 cm³/mol. The summed E-state index contributed by atoms with van der Waals surface area (Å²) in [5.41, 5.74) is 1.15. The number of rotatable bonds is 4. The van der Waals surface area contributed by atoms with Crippen LogP contribution in [0, 0.1) is 0 Å². The molecule has 3 heterocycles. The first kappa shape index (κ1) is 12.3. The summed E-state index contributed by atoms with van der Waals surface area (Å²) < 4.78 is 8.78. The Labute approximate surface area is 114 Å². The van der Waals surface area contributed by atoms with E-state index in [1.165, 1.54) is 0 Å². The van der Waals surface area contributed by atoms with Crippen molar-refractivity contribution in [1.82, 2.24) is 24.4 Å². The standard InChI is InChI=1S/C13H13N5O2/c1-10(7-18-6-2-5-15-18)20-13(19)11-3-4-12-16-14-9-17(12)8-11/h2-6,8-10H,7H2,1H3/t10-/m1/s1. The van der Waals surface area contributed by atoms with Crippen molar-refractivity contribution in [1.29, 1.82) is 0 Å². The average Bonchev–Trinajstić information content (AvgIpc) is 3.07. The lowest BCUT2D eigenvalue weighted by atomic mass is 10.3. The highest BCUT2D eigenvalue weighted by atomic mass is 16.5. The molecule has 3 aromatic heterocycles. The maximum Gasteiger partial charge on any atom is 0.339 e. The van der Waals surface area contributed by atoms with Gasteiger partial charge in [0.2, 0.25) is 0 Å². The number of hydrogen-bond donors (Lipinski definition) is 0. The highest BCUT2D eigenvalue weighted by Gasteiger charge is 2.13. The summed E-state index contributed by atoms with van der Waals surface area (Å²) >= 11 is 0. The molecule has 20 heavy (non-hydrogen) atoms. The Morgan fingerprint density at radius 2 is 2.35 bits per heavy atom. The van der Waals surface area contributed by atoms with Crippen LogP contribution in [0.25, 0.3) is 5.65 Å². The Kier molecular flexibility index (Phi) is 3.16. The van der Waals surface area contributed by atoms with Crippen molar-refractivity contribution < 1.29 is 9.53 Å². The lowest BCUT2D eigenvalue weighted by Crippen LogP contribution is -2.21. The number of ether oxygens (including phenoxy) is 1. The smallest absolute Gasteiger partial charge is 0.339 e. The van der Waals surface area contributed by atoms with Crippen molar-refractivity contribution >= 4 is 11.6 Å². The molecule has 0 fully saturated rings. The van der Waals surface area contributed by atoms with Crippen LogP contribution >= 0.6 is 0 Å². The van der Waals surface area contributed by atoms with Crippen LogP contribution in [-0.2, 0) is 11.3 Å². The van der Waals surface area contributed by atoms with Crippen LogP contribution in [0.15, 0.2) is 43.1 Å². The van der Waals surface area contributed by atoms with Gasteiger partial charge in [-0.3, -0.25) is 9.08 Å². The zero-order valence-electron chi connectivity index (χ0n) is 10.9. The lowest BCUT2D eigenvalue weighted by molar-refractivity contribution is 0.0298. The number of pyridine rings is 1. The molecular formula is C13H13N5O2. The summed E-state index contributed by atoms with van der Waals surface area (Å²) in [7, 11) is 0. The van der Waals surface area contributed by atoms with E-state index in [2.05, 4.69) is 15.3 Å². The SMILES string of the molecule is C[C@H](Cn1cccn1)OC(=O)c1ccc2nncn2c1. The fraction of sp³-hybridized carbons (Fsp3) is 0.231. The van der Waals surface area contributed by atoms with Crippen molar-refractivity contribution in [3.63, 3.8) is 0 Å². The van der Waals surface area contributed by atoms with Gasteiger partial charge in [0.15, 0.2) is 5.65 Å². The second-order valence-electron chi connectivity index (χ2n) is 4.46. The monoisotopic (exact) mass is 271 g/mol. The first-order valence-corrected chi connectivity index (χ1v) is 6.20. The van der Waals surface area contributed by atoms with E-state index in [9.17, 15) is 4.79 Å². The summed E-state index contributed by atoms with van der Waals surface area (Å²) in [5.74, 6) is -0.375. The van der Waals surface area contributed by atoms with Crippen LogP contribution in [0.4, 0.5) is 0 Å². The molecule has 3 aromatic rings. The fourth-order valence-corrected chi connectivity index (χ4v) is 1.91. The third kappa shape index (κ3) is 2.51. The molecule has 0 N–H and O–H groups in total. The number of fused-ring (bicyclic) bond motifs is 1. The zero-order chi connectivity index (χ0) is 13.9. The Morgan fingerprint density at radius 3 is 3.15 bits per heavy atom. The quantitative estimate of drug-likeness (QED) is 0.666. The Balaban J connectivity index is 1.68. The van der Waals surface area contributed by atoms with E-state index in [4.69, 9.17) is 4.74 Å². The van der Waals surface area contributed by atoms with Gasteiger partial charge in [-0.25, -0.2) is 4.79 Å². The Morgan fingerprint density at radius 1 is 1.45 bits per heavy atom. The molecule has 7 nitrogen and oxygen atoms in total. The number of esters is 1. The van der Waals surface area contributed by atoms with E-state index in [0.717, 1.165) is 0 Å². The minimum Gasteiger partial charge on any atom is -0.457 e. The Bertz CT molecular complexity index is 719. The third-order valence-corrected chi connectivity index (χ3v) is 2.84. The van der Waals surface area contributed by atoms with Crippen molar-refractivity contribution in [2.24, 2.45) is 0 Å². The van der Waals surface area contributed by atoms with E-state index in [1.54, 1.807) is 39.9 Å². The first-order chi connectivity index (χ1) is 9.72. The molecule has 1 atom stereocenters. The van der Waals surface area contributed by atoms with Crippen LogP contribution in [0.2, 0.25) is 0 Å². The number of carbonyl (C=O) groups is 1. The Hall–Kier alpha value is -2.70. The molecule has 0 saturated carbocycles. The van der Waals surface area contributed by atoms with Gasteiger partial charge in [0, 0.05) is 18.6 Å². The number of aromatic nitrogens is 5. The van der Waals surface area contributed by atoms with Crippen molar-refractivity contribution in [3.8, 4) is 0 Å². The van der Waals surface area contributed by atoms with Gasteiger partial charge < -0.3 is 4.74 Å². The molecule has 0 aliphatic rings. The topological polar surface area (TPSA) is 74.3 Å². The van der Waals surface area contributed by atoms with E-state index >= 15 is 0 Å². The number of nitrogens with zero attached hydrogens (tertiary/aromatic N) is 5. The van der Waals surface area contributed by atoms with Crippen molar-refractivity contribution in [2.75, 3.05) is 0 Å². The predicted octanol–water partition coefficient (Wildman–Crippen LogP) is 1.17. The molecule has 0 amide bonds. The van der Waals surface area contributed by atoms with Gasteiger partial charge in [0.1, 0.15) is 12.4 Å². The van der Waals surface area contributed by atoms with Gasteiger partial charge in [-0.1, -0.05) is 0 Å². The molecule has 0 aliphatic carbocycles. The third-order valence-electron chi connectivity index (χ3n) is 2.84. The van der Waals surface area contributed by atoms with Crippen LogP contribution in [0.5, 0.6) is 0 Å². The number of hydrogen-bond acceptors (Lipinski definition) is 5. The molecular weight excluding hydrogens is 258 g/mol. The molecule has 0 aromatic carbocycles. The van der Waals surface area contributed by atoms with Crippen LogP contribution in [0.3, 0.4) is 0 Å². The summed E-state index contributed by atoms with van der Waals surface area (Å²) in [4.78, 5) is 12.0. The summed E-state index contributed by atoms with van der Waals surface area (Å²) in [6.07, 6.45) is 6.44. The molecule has 102 valence electrons. The molecule has 0 unspecified atom stereocenters. The second-order valence-corrected chi connectivity index (χ2v) is 4.46. The highest BCUT2D eigenvalue weighted by molar-refractivity contribution is 5.89. The van der Waals surface area contributed by atoms with E-state index in [0.29, 0.717) is 17.8 Å². The van der Waals surface area contributed by atoms with Gasteiger partial charge in [0.05, 0.1) is 12.1 Å². The fourth-order valence-electron chi connectivity index (χ4n) is 1.91. The maximum absolute atomic E-state index is 12.0. The van der Waals surface area contributed by atoms with Crippen LogP contribution < -0.4 is 0 Å². The van der Waals surface area contributed by atoms with Gasteiger partial charge in [-0.15, -0.1) is 10.2 Å². The second kappa shape index (κ2) is 5.12. The van der Waals surface area contributed by atoms with Gasteiger partial charge >= 0.3 is 5.97 Å². The molecule has 0 bridgehead atoms. The zero-order valence-corrected chi connectivity index (χ0v) is 10.9. The van der Waals surface area contributed by atoms with Gasteiger partial charge in [0.25, 0.3) is 0 Å².